The van der Waals surface area contributed by atoms with Crippen molar-refractivity contribution in [2.24, 2.45) is 0 Å². The van der Waals surface area contributed by atoms with E-state index < -0.39 is 0 Å². The van der Waals surface area contributed by atoms with E-state index in [4.69, 9.17) is 17.0 Å². The lowest BCUT2D eigenvalue weighted by molar-refractivity contribution is 0.195. The first-order valence-corrected chi connectivity index (χ1v) is 7.22. The van der Waals surface area contributed by atoms with E-state index >= 15 is 0 Å². The molecule has 0 aliphatic rings. The lowest BCUT2D eigenvalue weighted by atomic mass is 10.1. The maximum absolute atomic E-state index is 5.16. The summed E-state index contributed by atoms with van der Waals surface area (Å²) in [6.45, 7) is 4.90. The highest BCUT2D eigenvalue weighted by Crippen LogP contribution is 2.03. The van der Waals surface area contributed by atoms with Crippen LogP contribution in [0.4, 0.5) is 0 Å². The molecule has 3 nitrogen and oxygen atoms in total. The van der Waals surface area contributed by atoms with Gasteiger partial charge in [-0.3, -0.25) is 0 Å². The molecule has 0 aliphatic heterocycles. The van der Waals surface area contributed by atoms with Gasteiger partial charge in [-0.1, -0.05) is 39.0 Å². The maximum atomic E-state index is 5.16. The van der Waals surface area contributed by atoms with Crippen molar-refractivity contribution in [1.82, 2.24) is 10.6 Å². The molecule has 4 heteroatoms. The minimum Gasteiger partial charge on any atom is -0.385 e. The van der Waals surface area contributed by atoms with E-state index in [9.17, 15) is 0 Å². The zero-order chi connectivity index (χ0) is 12.8. The smallest absolute Gasteiger partial charge is 0.166 e. The molecule has 0 fully saturated rings. The van der Waals surface area contributed by atoms with Crippen molar-refractivity contribution in [2.45, 2.75) is 51.9 Å². The van der Waals surface area contributed by atoms with Crippen molar-refractivity contribution in [3.05, 3.63) is 0 Å². The second kappa shape index (κ2) is 13.7. The van der Waals surface area contributed by atoms with E-state index in [1.54, 1.807) is 7.11 Å². The molecule has 0 spiro atoms. The highest BCUT2D eigenvalue weighted by Gasteiger charge is 1.94. The van der Waals surface area contributed by atoms with E-state index in [0.29, 0.717) is 0 Å². The summed E-state index contributed by atoms with van der Waals surface area (Å²) in [5, 5.41) is 7.17. The van der Waals surface area contributed by atoms with E-state index in [-0.39, 0.29) is 0 Å². The Kier molecular flexibility index (Phi) is 13.4. The fraction of sp³-hybridized carbons (Fsp3) is 0.923. The Morgan fingerprint density at radius 2 is 1.53 bits per heavy atom. The number of rotatable bonds is 11. The van der Waals surface area contributed by atoms with E-state index in [2.05, 4.69) is 17.6 Å². The average molecular weight is 260 g/mol. The van der Waals surface area contributed by atoms with E-state index in [0.717, 1.165) is 31.2 Å². The van der Waals surface area contributed by atoms with Crippen LogP contribution in [-0.2, 0) is 4.74 Å². The summed E-state index contributed by atoms with van der Waals surface area (Å²) >= 11 is 5.16. The molecule has 0 saturated heterocycles. The molecule has 0 aromatic heterocycles. The fourth-order valence-electron chi connectivity index (χ4n) is 1.59. The maximum Gasteiger partial charge on any atom is 0.166 e. The molecule has 17 heavy (non-hydrogen) atoms. The number of hydrogen-bond acceptors (Lipinski definition) is 2. The average Bonchev–Trinajstić information content (AvgIpc) is 2.33. The molecule has 0 amide bonds. The van der Waals surface area contributed by atoms with Gasteiger partial charge in [-0.25, -0.2) is 0 Å². The summed E-state index contributed by atoms with van der Waals surface area (Å²) in [4.78, 5) is 0. The van der Waals surface area contributed by atoms with Gasteiger partial charge in [0, 0.05) is 26.8 Å². The Morgan fingerprint density at radius 1 is 0.941 bits per heavy atom. The quantitative estimate of drug-likeness (QED) is 0.442. The molecule has 0 aliphatic carbocycles. The molecular formula is C13H28N2OS. The van der Waals surface area contributed by atoms with Crippen LogP contribution in [0.1, 0.15) is 51.9 Å². The number of nitrogens with one attached hydrogen (secondary N) is 2. The zero-order valence-corrected chi connectivity index (χ0v) is 12.2. The molecule has 0 radical (unpaired) electrons. The standard InChI is InChI=1S/C13H28N2OS/c1-3-4-5-6-7-8-10-14-13(17)15-11-9-12-16-2/h3-12H2,1-2H3,(H2,14,15,17). The number of thiocarbonyl (C=S) groups is 1. The number of ether oxygens (including phenoxy) is 1. The molecule has 0 aromatic rings. The number of unbranched alkanes of at least 4 members (excludes halogenated alkanes) is 5. The summed E-state index contributed by atoms with van der Waals surface area (Å²) in [6, 6.07) is 0. The molecule has 102 valence electrons. The zero-order valence-electron chi connectivity index (χ0n) is 11.4. The normalized spacial score (nSPS) is 10.2. The Hall–Kier alpha value is -0.350. The van der Waals surface area contributed by atoms with Crippen LogP contribution in [0.25, 0.3) is 0 Å². The summed E-state index contributed by atoms with van der Waals surface area (Å²) in [7, 11) is 1.72. The van der Waals surface area contributed by atoms with Crippen molar-refractivity contribution < 1.29 is 4.74 Å². The Morgan fingerprint density at radius 3 is 2.18 bits per heavy atom. The van der Waals surface area contributed by atoms with Crippen LogP contribution in [0, 0.1) is 0 Å². The summed E-state index contributed by atoms with van der Waals surface area (Å²) < 4.78 is 4.97. The Labute approximate surface area is 112 Å². The molecule has 2 N–H and O–H groups in total. The monoisotopic (exact) mass is 260 g/mol. The van der Waals surface area contributed by atoms with Gasteiger partial charge in [-0.2, -0.15) is 0 Å². The first-order valence-electron chi connectivity index (χ1n) is 6.82. The molecule has 0 bridgehead atoms. The summed E-state index contributed by atoms with van der Waals surface area (Å²) in [5.41, 5.74) is 0. The largest absolute Gasteiger partial charge is 0.385 e. The Bertz CT molecular complexity index is 177. The van der Waals surface area contributed by atoms with Crippen LogP contribution in [0.15, 0.2) is 0 Å². The summed E-state index contributed by atoms with van der Waals surface area (Å²) in [5.74, 6) is 0. The van der Waals surface area contributed by atoms with Gasteiger partial charge in [0.25, 0.3) is 0 Å². The molecule has 0 heterocycles. The van der Waals surface area contributed by atoms with E-state index in [1.807, 2.05) is 0 Å². The first kappa shape index (κ1) is 16.6. The molecule has 0 atom stereocenters. The minimum atomic E-state index is 0.773. The van der Waals surface area contributed by atoms with Crippen molar-refractivity contribution in [3.63, 3.8) is 0 Å². The van der Waals surface area contributed by atoms with Gasteiger partial charge in [0.15, 0.2) is 5.11 Å². The Balaban J connectivity index is 3.11. The third kappa shape index (κ3) is 13.6. The van der Waals surface area contributed by atoms with Gasteiger partial charge < -0.3 is 15.4 Å². The fourth-order valence-corrected chi connectivity index (χ4v) is 1.79. The van der Waals surface area contributed by atoms with Crippen molar-refractivity contribution >= 4 is 17.3 Å². The van der Waals surface area contributed by atoms with Gasteiger partial charge in [0.2, 0.25) is 0 Å². The number of hydrogen-bond donors (Lipinski definition) is 2. The third-order valence-corrected chi connectivity index (χ3v) is 2.92. The number of methoxy groups -OCH3 is 1. The van der Waals surface area contributed by atoms with Gasteiger partial charge in [-0.05, 0) is 25.1 Å². The van der Waals surface area contributed by atoms with Crippen molar-refractivity contribution in [3.8, 4) is 0 Å². The van der Waals surface area contributed by atoms with Crippen molar-refractivity contribution in [2.75, 3.05) is 26.8 Å². The molecule has 0 aromatic carbocycles. The third-order valence-electron chi connectivity index (χ3n) is 2.63. The van der Waals surface area contributed by atoms with Crippen LogP contribution < -0.4 is 10.6 Å². The van der Waals surface area contributed by atoms with Crippen LogP contribution >= 0.6 is 12.2 Å². The first-order chi connectivity index (χ1) is 8.31. The summed E-state index contributed by atoms with van der Waals surface area (Å²) in [6.07, 6.45) is 8.92. The van der Waals surface area contributed by atoms with E-state index in [1.165, 1.54) is 38.5 Å². The predicted molar refractivity (Wildman–Crippen MR) is 78.5 cm³/mol. The highest BCUT2D eigenvalue weighted by atomic mass is 32.1. The highest BCUT2D eigenvalue weighted by molar-refractivity contribution is 7.80. The van der Waals surface area contributed by atoms with Crippen molar-refractivity contribution in [1.29, 1.82) is 0 Å². The molecular weight excluding hydrogens is 232 g/mol. The molecule has 0 rings (SSSR count). The van der Waals surface area contributed by atoms with Gasteiger partial charge >= 0.3 is 0 Å². The van der Waals surface area contributed by atoms with Crippen LogP contribution in [0.2, 0.25) is 0 Å². The SMILES string of the molecule is CCCCCCCCNC(=S)NCCCOC. The van der Waals surface area contributed by atoms with Crippen LogP contribution in [-0.4, -0.2) is 31.9 Å². The van der Waals surface area contributed by atoms with Crippen LogP contribution in [0.3, 0.4) is 0 Å². The lowest BCUT2D eigenvalue weighted by Gasteiger charge is -2.10. The molecule has 0 saturated carbocycles. The molecule has 0 unspecified atom stereocenters. The lowest BCUT2D eigenvalue weighted by Crippen LogP contribution is -2.36. The van der Waals surface area contributed by atoms with Crippen LogP contribution in [0.5, 0.6) is 0 Å². The minimum absolute atomic E-state index is 0.773. The second-order valence-corrected chi connectivity index (χ2v) is 4.71. The second-order valence-electron chi connectivity index (χ2n) is 4.30. The van der Waals surface area contributed by atoms with Gasteiger partial charge in [0.1, 0.15) is 0 Å². The van der Waals surface area contributed by atoms with Gasteiger partial charge in [-0.15, -0.1) is 0 Å². The van der Waals surface area contributed by atoms with Gasteiger partial charge in [0.05, 0.1) is 0 Å². The topological polar surface area (TPSA) is 33.3 Å². The predicted octanol–water partition coefficient (Wildman–Crippen LogP) is 2.85.